The van der Waals surface area contributed by atoms with E-state index in [2.05, 4.69) is 4.98 Å². The normalized spacial score (nSPS) is 10.7. The third-order valence-electron chi connectivity index (χ3n) is 3.65. The van der Waals surface area contributed by atoms with E-state index in [9.17, 15) is 9.59 Å². The van der Waals surface area contributed by atoms with Crippen LogP contribution < -0.4 is 10.3 Å². The first kappa shape index (κ1) is 15.2. The Balaban J connectivity index is 2.30. The van der Waals surface area contributed by atoms with Crippen molar-refractivity contribution < 1.29 is 9.53 Å². The Bertz CT molecular complexity index is 1030. The SMILES string of the molecule is COc1c(C)cccc1C(=O)n1c(=S)[nH]c2ccccc2c1=O. The number of nitrogens with zero attached hydrogens (tertiary/aromatic N) is 1. The van der Waals surface area contributed by atoms with Crippen molar-refractivity contribution in [1.29, 1.82) is 0 Å². The van der Waals surface area contributed by atoms with Gasteiger partial charge in [-0.3, -0.25) is 9.59 Å². The number of carbonyl (C=O) groups excluding carboxylic acids is 1. The van der Waals surface area contributed by atoms with E-state index in [4.69, 9.17) is 17.0 Å². The Morgan fingerprint density at radius 3 is 2.65 bits per heavy atom. The molecule has 6 heteroatoms. The van der Waals surface area contributed by atoms with Gasteiger partial charge in [-0.05, 0) is 42.9 Å². The highest BCUT2D eigenvalue weighted by atomic mass is 32.1. The lowest BCUT2D eigenvalue weighted by Crippen LogP contribution is -2.29. The fourth-order valence-electron chi connectivity index (χ4n) is 2.56. The van der Waals surface area contributed by atoms with Gasteiger partial charge in [-0.1, -0.05) is 24.3 Å². The maximum Gasteiger partial charge on any atom is 0.270 e. The molecule has 23 heavy (non-hydrogen) atoms. The second-order valence-corrected chi connectivity index (χ2v) is 5.46. The minimum atomic E-state index is -0.512. The molecule has 0 aliphatic carbocycles. The molecule has 0 aliphatic heterocycles. The molecule has 1 aromatic heterocycles. The number of rotatable bonds is 2. The van der Waals surface area contributed by atoms with Crippen LogP contribution >= 0.6 is 12.2 Å². The van der Waals surface area contributed by atoms with E-state index in [1.165, 1.54) is 7.11 Å². The zero-order valence-electron chi connectivity index (χ0n) is 12.6. The van der Waals surface area contributed by atoms with E-state index in [0.29, 0.717) is 22.2 Å². The number of hydrogen-bond acceptors (Lipinski definition) is 4. The van der Waals surface area contributed by atoms with Gasteiger partial charge >= 0.3 is 0 Å². The predicted molar refractivity (Wildman–Crippen MR) is 90.9 cm³/mol. The number of carbonyl (C=O) groups is 1. The summed E-state index contributed by atoms with van der Waals surface area (Å²) in [6, 6.07) is 12.1. The van der Waals surface area contributed by atoms with E-state index < -0.39 is 11.5 Å². The van der Waals surface area contributed by atoms with Gasteiger partial charge in [-0.15, -0.1) is 0 Å². The number of fused-ring (bicyclic) bond motifs is 1. The molecular weight excluding hydrogens is 312 g/mol. The minimum Gasteiger partial charge on any atom is -0.496 e. The molecule has 116 valence electrons. The molecule has 1 N–H and O–H groups in total. The molecule has 1 heterocycles. The summed E-state index contributed by atoms with van der Waals surface area (Å²) >= 11 is 5.20. The van der Waals surface area contributed by atoms with Crippen LogP contribution in [0.15, 0.2) is 47.3 Å². The number of hydrogen-bond donors (Lipinski definition) is 1. The molecule has 0 saturated heterocycles. The molecule has 0 unspecified atom stereocenters. The summed E-state index contributed by atoms with van der Waals surface area (Å²) in [5.74, 6) is -0.0745. The Morgan fingerprint density at radius 1 is 1.17 bits per heavy atom. The number of nitrogens with one attached hydrogen (secondary N) is 1. The maximum absolute atomic E-state index is 12.9. The van der Waals surface area contributed by atoms with Crippen LogP contribution in [-0.4, -0.2) is 22.6 Å². The number of aromatic nitrogens is 2. The van der Waals surface area contributed by atoms with E-state index in [1.807, 2.05) is 13.0 Å². The monoisotopic (exact) mass is 326 g/mol. The molecule has 0 atom stereocenters. The van der Waals surface area contributed by atoms with Crippen LogP contribution in [-0.2, 0) is 0 Å². The van der Waals surface area contributed by atoms with Crippen LogP contribution in [0.25, 0.3) is 10.9 Å². The topological polar surface area (TPSA) is 64.1 Å². The molecule has 0 saturated carbocycles. The zero-order chi connectivity index (χ0) is 16.6. The van der Waals surface area contributed by atoms with Crippen LogP contribution in [0, 0.1) is 11.7 Å². The zero-order valence-corrected chi connectivity index (χ0v) is 13.4. The van der Waals surface area contributed by atoms with E-state index in [0.717, 1.165) is 10.1 Å². The molecule has 2 aromatic carbocycles. The van der Waals surface area contributed by atoms with Crippen molar-refractivity contribution >= 4 is 29.0 Å². The number of benzene rings is 2. The number of methoxy groups -OCH3 is 1. The molecule has 3 rings (SSSR count). The number of aromatic amines is 1. The van der Waals surface area contributed by atoms with Gasteiger partial charge in [0.2, 0.25) is 0 Å². The standard InChI is InChI=1S/C17H14N2O3S/c1-10-6-5-8-12(14(10)22-2)16(21)19-15(20)11-7-3-4-9-13(11)18-17(19)23/h3-9H,1-2H3,(H,18,23). The maximum atomic E-state index is 12.9. The number of para-hydroxylation sites is 2. The fourth-order valence-corrected chi connectivity index (χ4v) is 2.83. The second kappa shape index (κ2) is 5.81. The highest BCUT2D eigenvalue weighted by Crippen LogP contribution is 2.23. The van der Waals surface area contributed by atoms with Gasteiger partial charge in [-0.25, -0.2) is 4.57 Å². The average molecular weight is 326 g/mol. The van der Waals surface area contributed by atoms with Gasteiger partial charge in [-0.2, -0.15) is 0 Å². The van der Waals surface area contributed by atoms with Crippen molar-refractivity contribution in [2.24, 2.45) is 0 Å². The summed E-state index contributed by atoms with van der Waals surface area (Å²) in [6.07, 6.45) is 0. The molecule has 0 aliphatic rings. The molecule has 0 amide bonds. The molecule has 0 fully saturated rings. The Morgan fingerprint density at radius 2 is 1.91 bits per heavy atom. The Kier molecular flexibility index (Phi) is 3.83. The lowest BCUT2D eigenvalue weighted by molar-refractivity contribution is 0.0950. The lowest BCUT2D eigenvalue weighted by atomic mass is 10.1. The summed E-state index contributed by atoms with van der Waals surface area (Å²) in [5.41, 5.74) is 1.26. The van der Waals surface area contributed by atoms with Crippen molar-refractivity contribution in [3.05, 3.63) is 68.7 Å². The van der Waals surface area contributed by atoms with E-state index >= 15 is 0 Å². The summed E-state index contributed by atoms with van der Waals surface area (Å²) in [4.78, 5) is 28.4. The summed E-state index contributed by atoms with van der Waals surface area (Å²) in [6.45, 7) is 1.83. The van der Waals surface area contributed by atoms with Gasteiger partial charge in [0.1, 0.15) is 5.75 Å². The van der Waals surface area contributed by atoms with Gasteiger partial charge < -0.3 is 9.72 Å². The Labute approximate surface area is 137 Å². The highest BCUT2D eigenvalue weighted by molar-refractivity contribution is 7.71. The predicted octanol–water partition coefficient (Wildman–Crippen LogP) is 3.06. The van der Waals surface area contributed by atoms with Crippen molar-refractivity contribution in [3.63, 3.8) is 0 Å². The van der Waals surface area contributed by atoms with Crippen LogP contribution in [0.4, 0.5) is 0 Å². The van der Waals surface area contributed by atoms with Gasteiger partial charge in [0.05, 0.1) is 23.6 Å². The summed E-state index contributed by atoms with van der Waals surface area (Å²) in [7, 11) is 1.49. The third kappa shape index (κ3) is 2.47. The minimum absolute atomic E-state index is 0.0576. The van der Waals surface area contributed by atoms with Crippen LogP contribution in [0.1, 0.15) is 15.9 Å². The largest absolute Gasteiger partial charge is 0.496 e. The van der Waals surface area contributed by atoms with Crippen LogP contribution in [0.3, 0.4) is 0 Å². The smallest absolute Gasteiger partial charge is 0.270 e. The fraction of sp³-hybridized carbons (Fsp3) is 0.118. The molecular formula is C17H14N2O3S. The van der Waals surface area contributed by atoms with E-state index in [-0.39, 0.29) is 4.77 Å². The lowest BCUT2D eigenvalue weighted by Gasteiger charge is -2.12. The number of ether oxygens (including phenoxy) is 1. The van der Waals surface area contributed by atoms with E-state index in [1.54, 1.807) is 36.4 Å². The average Bonchev–Trinajstić information content (AvgIpc) is 2.54. The highest BCUT2D eigenvalue weighted by Gasteiger charge is 2.19. The first-order valence-corrected chi connectivity index (χ1v) is 7.38. The molecule has 5 nitrogen and oxygen atoms in total. The van der Waals surface area contributed by atoms with Crippen molar-refractivity contribution in [2.75, 3.05) is 7.11 Å². The molecule has 0 spiro atoms. The second-order valence-electron chi connectivity index (χ2n) is 5.08. The van der Waals surface area contributed by atoms with Crippen molar-refractivity contribution in [3.8, 4) is 5.75 Å². The van der Waals surface area contributed by atoms with Gasteiger partial charge in [0, 0.05) is 0 Å². The van der Waals surface area contributed by atoms with Crippen LogP contribution in [0.5, 0.6) is 5.75 Å². The number of H-pyrrole nitrogens is 1. The summed E-state index contributed by atoms with van der Waals surface area (Å²) in [5, 5.41) is 0.404. The van der Waals surface area contributed by atoms with Gasteiger partial charge in [0.15, 0.2) is 4.77 Å². The quantitative estimate of drug-likeness (QED) is 0.735. The van der Waals surface area contributed by atoms with Crippen molar-refractivity contribution in [2.45, 2.75) is 6.92 Å². The van der Waals surface area contributed by atoms with Crippen LogP contribution in [0.2, 0.25) is 0 Å². The Hall–Kier alpha value is -2.73. The van der Waals surface area contributed by atoms with Crippen molar-refractivity contribution in [1.82, 2.24) is 9.55 Å². The summed E-state index contributed by atoms with van der Waals surface area (Å²) < 4.78 is 6.33. The first-order chi connectivity index (χ1) is 11.0. The number of aryl methyl sites for hydroxylation is 1. The molecule has 0 radical (unpaired) electrons. The molecule has 3 aromatic rings. The van der Waals surface area contributed by atoms with Gasteiger partial charge in [0.25, 0.3) is 11.5 Å². The molecule has 0 bridgehead atoms. The first-order valence-electron chi connectivity index (χ1n) is 6.97. The third-order valence-corrected chi connectivity index (χ3v) is 3.94.